The Hall–Kier alpha value is -2.09. The van der Waals surface area contributed by atoms with E-state index in [2.05, 4.69) is 38.1 Å². The molecule has 3 aromatic rings. The first kappa shape index (κ1) is 21.6. The van der Waals surface area contributed by atoms with Crippen LogP contribution in [0.1, 0.15) is 25.8 Å². The maximum Gasteiger partial charge on any atom is 0.238 e. The molecule has 0 bridgehead atoms. The minimum atomic E-state index is -0.422. The average Bonchev–Trinajstić information content (AvgIpc) is 3.06. The Bertz CT molecular complexity index is 1020. The van der Waals surface area contributed by atoms with Gasteiger partial charge >= 0.3 is 0 Å². The fourth-order valence-corrected chi connectivity index (χ4v) is 4.04. The summed E-state index contributed by atoms with van der Waals surface area (Å²) in [5.74, 6) is 0.854. The summed E-state index contributed by atoms with van der Waals surface area (Å²) < 4.78 is 2.05. The summed E-state index contributed by atoms with van der Waals surface area (Å²) in [6, 6.07) is 9.68. The molecule has 152 valence electrons. The molecule has 1 aromatic carbocycles. The first-order chi connectivity index (χ1) is 13.9. The van der Waals surface area contributed by atoms with Crippen LogP contribution in [-0.4, -0.2) is 30.9 Å². The second-order valence-corrected chi connectivity index (χ2v) is 8.71. The van der Waals surface area contributed by atoms with E-state index in [0.29, 0.717) is 15.2 Å². The van der Waals surface area contributed by atoms with Crippen LogP contribution in [0.15, 0.2) is 41.7 Å². The molecule has 0 saturated carbocycles. The van der Waals surface area contributed by atoms with Crippen LogP contribution in [-0.2, 0) is 11.3 Å². The summed E-state index contributed by atoms with van der Waals surface area (Å²) in [4.78, 5) is 16.7. The number of halogens is 2. The first-order valence-corrected chi connectivity index (χ1v) is 10.8. The van der Waals surface area contributed by atoms with Crippen molar-refractivity contribution in [2.45, 2.75) is 44.1 Å². The summed E-state index contributed by atoms with van der Waals surface area (Å²) in [7, 11) is 0. The lowest BCUT2D eigenvalue weighted by Gasteiger charge is -2.13. The molecule has 0 aliphatic rings. The predicted octanol–water partition coefficient (Wildman–Crippen LogP) is 5.48. The number of rotatable bonds is 7. The van der Waals surface area contributed by atoms with Gasteiger partial charge in [0.25, 0.3) is 0 Å². The van der Waals surface area contributed by atoms with Gasteiger partial charge in [-0.15, -0.1) is 10.2 Å². The molecule has 1 N–H and O–H groups in total. The highest BCUT2D eigenvalue weighted by atomic mass is 35.5. The number of nitrogens with zero attached hydrogens (tertiary/aromatic N) is 4. The molecule has 0 aliphatic carbocycles. The third-order valence-electron chi connectivity index (χ3n) is 4.14. The number of anilines is 1. The van der Waals surface area contributed by atoms with Gasteiger partial charge in [-0.3, -0.25) is 4.79 Å². The van der Waals surface area contributed by atoms with Crippen molar-refractivity contribution in [3.8, 4) is 11.4 Å². The fourth-order valence-electron chi connectivity index (χ4n) is 2.74. The number of thioether (sulfide) groups is 1. The molecule has 0 saturated heterocycles. The van der Waals surface area contributed by atoms with Crippen molar-refractivity contribution < 1.29 is 4.79 Å². The Balaban J connectivity index is 1.79. The van der Waals surface area contributed by atoms with Gasteiger partial charge in [-0.05, 0) is 32.4 Å². The summed E-state index contributed by atoms with van der Waals surface area (Å²) in [5.41, 5.74) is 2.16. The van der Waals surface area contributed by atoms with E-state index in [4.69, 9.17) is 23.2 Å². The third-order valence-corrected chi connectivity index (χ3v) is 5.72. The Morgan fingerprint density at radius 1 is 1.28 bits per heavy atom. The van der Waals surface area contributed by atoms with E-state index in [1.807, 2.05) is 25.1 Å². The van der Waals surface area contributed by atoms with E-state index < -0.39 is 5.25 Å². The molecular formula is C20H21Cl2N5OS. The molecule has 1 atom stereocenters. The van der Waals surface area contributed by atoms with Crippen LogP contribution in [0.2, 0.25) is 10.0 Å². The highest BCUT2D eigenvalue weighted by Gasteiger charge is 2.21. The van der Waals surface area contributed by atoms with Gasteiger partial charge in [0, 0.05) is 18.3 Å². The average molecular weight is 450 g/mol. The van der Waals surface area contributed by atoms with Crippen molar-refractivity contribution in [3.05, 3.63) is 52.1 Å². The number of carbonyl (C=O) groups excluding carboxylic acids is 1. The summed E-state index contributed by atoms with van der Waals surface area (Å²) in [6.45, 7) is 6.71. The van der Waals surface area contributed by atoms with Crippen LogP contribution in [0.25, 0.3) is 11.4 Å². The second kappa shape index (κ2) is 9.61. The number of amides is 1. The largest absolute Gasteiger partial charge is 0.308 e. The zero-order valence-electron chi connectivity index (χ0n) is 16.3. The number of aryl methyl sites for hydroxylation is 1. The third kappa shape index (κ3) is 5.29. The van der Waals surface area contributed by atoms with Gasteiger partial charge in [0.1, 0.15) is 0 Å². The van der Waals surface area contributed by atoms with Gasteiger partial charge in [-0.1, -0.05) is 65.7 Å². The summed E-state index contributed by atoms with van der Waals surface area (Å²) in [5, 5.41) is 12.4. The number of benzene rings is 1. The molecule has 3 rings (SSSR count). The molecule has 2 aromatic heterocycles. The van der Waals surface area contributed by atoms with Crippen LogP contribution < -0.4 is 5.32 Å². The summed E-state index contributed by atoms with van der Waals surface area (Å²) in [6.07, 6.45) is 2.36. The maximum atomic E-state index is 12.6. The van der Waals surface area contributed by atoms with E-state index in [9.17, 15) is 4.79 Å². The predicted molar refractivity (Wildman–Crippen MR) is 119 cm³/mol. The second-order valence-electron chi connectivity index (χ2n) is 6.56. The van der Waals surface area contributed by atoms with Crippen molar-refractivity contribution in [2.24, 2.45) is 0 Å². The molecular weight excluding hydrogens is 429 g/mol. The van der Waals surface area contributed by atoms with Crippen LogP contribution in [0.5, 0.6) is 0 Å². The number of pyridine rings is 1. The number of hydrogen-bond acceptors (Lipinski definition) is 5. The number of nitrogens with one attached hydrogen (secondary N) is 1. The van der Waals surface area contributed by atoms with Crippen LogP contribution in [0.3, 0.4) is 0 Å². The molecule has 1 unspecified atom stereocenters. The lowest BCUT2D eigenvalue weighted by atomic mass is 10.1. The van der Waals surface area contributed by atoms with Crippen molar-refractivity contribution in [2.75, 3.05) is 5.32 Å². The number of aromatic nitrogens is 4. The number of carbonyl (C=O) groups is 1. The van der Waals surface area contributed by atoms with E-state index in [-0.39, 0.29) is 11.7 Å². The van der Waals surface area contributed by atoms with Crippen molar-refractivity contribution in [1.29, 1.82) is 0 Å². The first-order valence-electron chi connectivity index (χ1n) is 9.17. The molecule has 2 heterocycles. The molecule has 6 nitrogen and oxygen atoms in total. The summed E-state index contributed by atoms with van der Waals surface area (Å²) >= 11 is 13.3. The quantitative estimate of drug-likeness (QED) is 0.483. The SMILES string of the molecule is CCCn1c(SC(C)C(=O)Nc2ncc(Cl)cc2Cl)nnc1-c1cccc(C)c1. The van der Waals surface area contributed by atoms with Gasteiger partial charge in [0.2, 0.25) is 5.91 Å². The zero-order valence-corrected chi connectivity index (χ0v) is 18.6. The van der Waals surface area contributed by atoms with Gasteiger partial charge in [-0.2, -0.15) is 0 Å². The molecule has 0 fully saturated rings. The highest BCUT2D eigenvalue weighted by molar-refractivity contribution is 8.00. The fraction of sp³-hybridized carbons (Fsp3) is 0.300. The van der Waals surface area contributed by atoms with Gasteiger partial charge in [0.15, 0.2) is 16.8 Å². The molecule has 1 amide bonds. The van der Waals surface area contributed by atoms with Crippen LogP contribution in [0, 0.1) is 6.92 Å². The van der Waals surface area contributed by atoms with Crippen LogP contribution >= 0.6 is 35.0 Å². The van der Waals surface area contributed by atoms with E-state index in [0.717, 1.165) is 29.9 Å². The van der Waals surface area contributed by atoms with Crippen molar-refractivity contribution >= 4 is 46.7 Å². The normalized spacial score (nSPS) is 12.0. The molecule has 9 heteroatoms. The smallest absolute Gasteiger partial charge is 0.238 e. The monoisotopic (exact) mass is 449 g/mol. The lowest BCUT2D eigenvalue weighted by Crippen LogP contribution is -2.23. The molecule has 0 spiro atoms. The maximum absolute atomic E-state index is 12.6. The molecule has 29 heavy (non-hydrogen) atoms. The van der Waals surface area contributed by atoms with Crippen molar-refractivity contribution in [1.82, 2.24) is 19.7 Å². The standard InChI is InChI=1S/C20H21Cl2N5OS/c1-4-8-27-18(14-7-5-6-12(2)9-14)25-26-20(27)29-13(3)19(28)24-17-16(22)10-15(21)11-23-17/h5-7,9-11,13H,4,8H2,1-3H3,(H,23,24,28). The lowest BCUT2D eigenvalue weighted by molar-refractivity contribution is -0.115. The molecule has 0 aliphatic heterocycles. The van der Waals surface area contributed by atoms with Gasteiger partial charge < -0.3 is 9.88 Å². The van der Waals surface area contributed by atoms with E-state index in [1.165, 1.54) is 24.0 Å². The molecule has 0 radical (unpaired) electrons. The zero-order chi connectivity index (χ0) is 21.0. The Morgan fingerprint density at radius 2 is 2.07 bits per heavy atom. The number of hydrogen-bond donors (Lipinski definition) is 1. The topological polar surface area (TPSA) is 72.7 Å². The van der Waals surface area contributed by atoms with Gasteiger partial charge in [0.05, 0.1) is 15.3 Å². The Morgan fingerprint density at radius 3 is 2.76 bits per heavy atom. The minimum absolute atomic E-state index is 0.227. The Labute approximate surface area is 184 Å². The van der Waals surface area contributed by atoms with E-state index >= 15 is 0 Å². The van der Waals surface area contributed by atoms with Gasteiger partial charge in [-0.25, -0.2) is 4.98 Å². The van der Waals surface area contributed by atoms with E-state index in [1.54, 1.807) is 6.92 Å². The Kier molecular flexibility index (Phi) is 7.16. The highest BCUT2D eigenvalue weighted by Crippen LogP contribution is 2.29. The van der Waals surface area contributed by atoms with Crippen LogP contribution in [0.4, 0.5) is 5.82 Å². The van der Waals surface area contributed by atoms with Crippen molar-refractivity contribution in [3.63, 3.8) is 0 Å². The minimum Gasteiger partial charge on any atom is -0.308 e.